The summed E-state index contributed by atoms with van der Waals surface area (Å²) in [6.07, 6.45) is 1.33. The molecule has 0 unspecified atom stereocenters. The van der Waals surface area contributed by atoms with E-state index < -0.39 is 5.97 Å². The average Bonchev–Trinajstić information content (AvgIpc) is 2.47. The number of hydrogen-bond donors (Lipinski definition) is 1. The highest BCUT2D eigenvalue weighted by Gasteiger charge is 2.14. The van der Waals surface area contributed by atoms with E-state index in [-0.39, 0.29) is 11.1 Å². The van der Waals surface area contributed by atoms with Gasteiger partial charge in [-0.15, -0.1) is 0 Å². The highest BCUT2D eigenvalue weighted by molar-refractivity contribution is 6.30. The number of hydrogen-bond acceptors (Lipinski definition) is 2. The van der Waals surface area contributed by atoms with Gasteiger partial charge < -0.3 is 5.11 Å². The largest absolute Gasteiger partial charge is 0.478 e. The van der Waals surface area contributed by atoms with Gasteiger partial charge in [-0.1, -0.05) is 35.9 Å². The second-order valence-corrected chi connectivity index (χ2v) is 4.98. The summed E-state index contributed by atoms with van der Waals surface area (Å²) in [5.41, 5.74) is 0.323. The van der Waals surface area contributed by atoms with E-state index in [1.807, 2.05) is 0 Å². The quantitative estimate of drug-likeness (QED) is 0.789. The van der Waals surface area contributed by atoms with Crippen LogP contribution in [0.15, 0.2) is 59.5 Å². The standard InChI is InChI=1S/C16H10ClNO3/c17-10-4-3-5-11(8-10)18-9-14(16(20)21)12-6-1-2-7-13(12)15(18)19/h1-9H,(H,20,21). The molecule has 21 heavy (non-hydrogen) atoms. The highest BCUT2D eigenvalue weighted by Crippen LogP contribution is 2.19. The van der Waals surface area contributed by atoms with E-state index in [0.29, 0.717) is 21.5 Å². The number of carboxylic acid groups (broad SMARTS) is 1. The highest BCUT2D eigenvalue weighted by atomic mass is 35.5. The molecule has 0 amide bonds. The van der Waals surface area contributed by atoms with E-state index in [0.717, 1.165) is 0 Å². The van der Waals surface area contributed by atoms with Crippen LogP contribution in [0.4, 0.5) is 0 Å². The molecule has 5 heteroatoms. The summed E-state index contributed by atoms with van der Waals surface area (Å²) in [5.74, 6) is -1.08. The normalized spacial score (nSPS) is 10.7. The monoisotopic (exact) mass is 299 g/mol. The molecule has 104 valence electrons. The van der Waals surface area contributed by atoms with Crippen molar-refractivity contribution in [1.82, 2.24) is 4.57 Å². The lowest BCUT2D eigenvalue weighted by Gasteiger charge is -2.10. The maximum absolute atomic E-state index is 12.5. The zero-order chi connectivity index (χ0) is 15.0. The minimum absolute atomic E-state index is 0.0742. The van der Waals surface area contributed by atoms with Gasteiger partial charge in [0.15, 0.2) is 0 Å². The van der Waals surface area contributed by atoms with Gasteiger partial charge in [0.05, 0.1) is 11.3 Å². The minimum atomic E-state index is -1.08. The smallest absolute Gasteiger partial charge is 0.337 e. The number of rotatable bonds is 2. The van der Waals surface area contributed by atoms with Crippen LogP contribution in [0.1, 0.15) is 10.4 Å². The lowest BCUT2D eigenvalue weighted by molar-refractivity contribution is 0.0698. The van der Waals surface area contributed by atoms with Crippen molar-refractivity contribution in [3.8, 4) is 5.69 Å². The van der Waals surface area contributed by atoms with Crippen molar-refractivity contribution in [2.45, 2.75) is 0 Å². The van der Waals surface area contributed by atoms with Crippen LogP contribution in [0, 0.1) is 0 Å². The molecule has 0 spiro atoms. The van der Waals surface area contributed by atoms with Crippen LogP contribution in [0.3, 0.4) is 0 Å². The van der Waals surface area contributed by atoms with E-state index >= 15 is 0 Å². The van der Waals surface area contributed by atoms with Crippen molar-refractivity contribution in [2.24, 2.45) is 0 Å². The van der Waals surface area contributed by atoms with E-state index in [2.05, 4.69) is 0 Å². The summed E-state index contributed by atoms with van der Waals surface area (Å²) in [5, 5.41) is 10.6. The molecule has 3 aromatic rings. The topological polar surface area (TPSA) is 59.3 Å². The van der Waals surface area contributed by atoms with Gasteiger partial charge in [0.25, 0.3) is 5.56 Å². The number of aromatic nitrogens is 1. The van der Waals surface area contributed by atoms with Crippen molar-refractivity contribution in [1.29, 1.82) is 0 Å². The summed E-state index contributed by atoms with van der Waals surface area (Å²) in [6, 6.07) is 13.4. The number of carboxylic acids is 1. The number of fused-ring (bicyclic) bond motifs is 1. The lowest BCUT2D eigenvalue weighted by atomic mass is 10.1. The molecule has 0 aliphatic carbocycles. The third-order valence-electron chi connectivity index (χ3n) is 3.24. The molecule has 0 atom stereocenters. The van der Waals surface area contributed by atoms with E-state index in [9.17, 15) is 14.7 Å². The van der Waals surface area contributed by atoms with Crippen molar-refractivity contribution in [3.05, 3.63) is 75.7 Å². The van der Waals surface area contributed by atoms with Crippen molar-refractivity contribution >= 4 is 28.3 Å². The van der Waals surface area contributed by atoms with Crippen molar-refractivity contribution < 1.29 is 9.90 Å². The molecule has 1 N–H and O–H groups in total. The molecule has 0 saturated heterocycles. The Balaban J connectivity index is 2.42. The van der Waals surface area contributed by atoms with Crippen molar-refractivity contribution in [3.63, 3.8) is 0 Å². The molecule has 0 fully saturated rings. The number of aromatic carboxylic acids is 1. The van der Waals surface area contributed by atoms with Crippen LogP contribution in [0.25, 0.3) is 16.5 Å². The Labute approximate surface area is 124 Å². The fraction of sp³-hybridized carbons (Fsp3) is 0. The SMILES string of the molecule is O=C(O)c1cn(-c2cccc(Cl)c2)c(=O)c2ccccc12. The van der Waals surface area contributed by atoms with E-state index in [4.69, 9.17) is 11.6 Å². The first-order valence-corrected chi connectivity index (χ1v) is 6.59. The third-order valence-corrected chi connectivity index (χ3v) is 3.48. The van der Waals surface area contributed by atoms with Gasteiger partial charge in [0.1, 0.15) is 0 Å². The molecule has 0 bridgehead atoms. The molecule has 0 saturated carbocycles. The summed E-state index contributed by atoms with van der Waals surface area (Å²) in [6.45, 7) is 0. The van der Waals surface area contributed by atoms with Crippen LogP contribution < -0.4 is 5.56 Å². The Hall–Kier alpha value is -2.59. The first-order valence-electron chi connectivity index (χ1n) is 6.21. The second kappa shape index (κ2) is 5.07. The molecule has 0 aliphatic heterocycles. The number of pyridine rings is 1. The fourth-order valence-corrected chi connectivity index (χ4v) is 2.46. The molecule has 0 aliphatic rings. The fourth-order valence-electron chi connectivity index (χ4n) is 2.28. The van der Waals surface area contributed by atoms with Gasteiger partial charge in [0.2, 0.25) is 0 Å². The predicted molar refractivity (Wildman–Crippen MR) is 81.5 cm³/mol. The molecule has 1 aromatic heterocycles. The maximum atomic E-state index is 12.5. The molecule has 2 aromatic carbocycles. The van der Waals surface area contributed by atoms with Crippen LogP contribution >= 0.6 is 11.6 Å². The average molecular weight is 300 g/mol. The van der Waals surface area contributed by atoms with Gasteiger partial charge in [-0.25, -0.2) is 4.79 Å². The summed E-state index contributed by atoms with van der Waals surface area (Å²) >= 11 is 5.94. The van der Waals surface area contributed by atoms with Gasteiger partial charge in [-0.3, -0.25) is 9.36 Å². The van der Waals surface area contributed by atoms with Gasteiger partial charge in [-0.05, 0) is 24.3 Å². The van der Waals surface area contributed by atoms with Gasteiger partial charge in [-0.2, -0.15) is 0 Å². The first-order chi connectivity index (χ1) is 10.1. The lowest BCUT2D eigenvalue weighted by Crippen LogP contribution is -2.20. The van der Waals surface area contributed by atoms with E-state index in [1.165, 1.54) is 10.8 Å². The summed E-state index contributed by atoms with van der Waals surface area (Å²) < 4.78 is 1.30. The second-order valence-electron chi connectivity index (χ2n) is 4.55. The summed E-state index contributed by atoms with van der Waals surface area (Å²) in [4.78, 5) is 24.0. The Morgan fingerprint density at radius 3 is 2.43 bits per heavy atom. The molecular formula is C16H10ClNO3. The van der Waals surface area contributed by atoms with Crippen LogP contribution in [0.2, 0.25) is 5.02 Å². The number of carbonyl (C=O) groups is 1. The third kappa shape index (κ3) is 2.30. The molecule has 3 rings (SSSR count). The van der Waals surface area contributed by atoms with Gasteiger partial charge in [0, 0.05) is 22.0 Å². The zero-order valence-electron chi connectivity index (χ0n) is 10.8. The molecular weight excluding hydrogens is 290 g/mol. The number of halogens is 1. The Morgan fingerprint density at radius 1 is 1.05 bits per heavy atom. The Bertz CT molecular complexity index is 915. The number of nitrogens with zero attached hydrogens (tertiary/aromatic N) is 1. The van der Waals surface area contributed by atoms with Crippen LogP contribution in [0.5, 0.6) is 0 Å². The number of benzene rings is 2. The van der Waals surface area contributed by atoms with E-state index in [1.54, 1.807) is 48.5 Å². The first kappa shape index (κ1) is 13.4. The predicted octanol–water partition coefficient (Wildman–Crippen LogP) is 3.34. The maximum Gasteiger partial charge on any atom is 0.337 e. The van der Waals surface area contributed by atoms with Crippen LogP contribution in [-0.4, -0.2) is 15.6 Å². The Morgan fingerprint density at radius 2 is 1.76 bits per heavy atom. The van der Waals surface area contributed by atoms with Crippen molar-refractivity contribution in [2.75, 3.05) is 0 Å². The minimum Gasteiger partial charge on any atom is -0.478 e. The van der Waals surface area contributed by atoms with Gasteiger partial charge >= 0.3 is 5.97 Å². The molecule has 0 radical (unpaired) electrons. The molecule has 1 heterocycles. The zero-order valence-corrected chi connectivity index (χ0v) is 11.5. The molecule has 4 nitrogen and oxygen atoms in total. The van der Waals surface area contributed by atoms with Crippen LogP contribution in [-0.2, 0) is 0 Å². The Kier molecular flexibility index (Phi) is 3.23. The summed E-state index contributed by atoms with van der Waals surface area (Å²) in [7, 11) is 0.